The topological polar surface area (TPSA) is 68.1 Å². The molecule has 1 heterocycles. The Morgan fingerprint density at radius 3 is 2.50 bits per heavy atom. The van der Waals surface area contributed by atoms with E-state index in [0.717, 1.165) is 18.2 Å². The second-order valence-corrected chi connectivity index (χ2v) is 3.98. The number of nitrogens with zero attached hydrogens (tertiary/aromatic N) is 2. The third kappa shape index (κ3) is 2.71. The van der Waals surface area contributed by atoms with Crippen molar-refractivity contribution in [3.05, 3.63) is 52.1 Å². The first kappa shape index (κ1) is 13.9. The van der Waals surface area contributed by atoms with Crippen LogP contribution < -0.4 is 5.32 Å². The first-order valence-corrected chi connectivity index (χ1v) is 5.87. The minimum Gasteiger partial charge on any atom is -0.370 e. The van der Waals surface area contributed by atoms with Crippen molar-refractivity contribution in [2.45, 2.75) is 6.92 Å². The number of pyridine rings is 1. The van der Waals surface area contributed by atoms with Gasteiger partial charge in [-0.05, 0) is 19.1 Å². The van der Waals surface area contributed by atoms with Gasteiger partial charge in [0.15, 0.2) is 0 Å². The van der Waals surface area contributed by atoms with Gasteiger partial charge in [0, 0.05) is 12.6 Å². The van der Waals surface area contributed by atoms with Crippen LogP contribution >= 0.6 is 0 Å². The molecule has 0 bridgehead atoms. The lowest BCUT2D eigenvalue weighted by atomic mass is 10.1. The Morgan fingerprint density at radius 1 is 1.30 bits per heavy atom. The fourth-order valence-corrected chi connectivity index (χ4v) is 1.76. The predicted octanol–water partition coefficient (Wildman–Crippen LogP) is 3.37. The van der Waals surface area contributed by atoms with Crippen molar-refractivity contribution in [3.8, 4) is 11.3 Å². The Labute approximate surface area is 113 Å². The highest BCUT2D eigenvalue weighted by molar-refractivity contribution is 5.66. The van der Waals surface area contributed by atoms with Crippen LogP contribution in [0.1, 0.15) is 6.92 Å². The molecule has 2 rings (SSSR count). The number of aromatic nitrogens is 1. The van der Waals surface area contributed by atoms with E-state index in [0.29, 0.717) is 6.54 Å². The minimum absolute atomic E-state index is 0.120. The van der Waals surface area contributed by atoms with Gasteiger partial charge in [0.25, 0.3) is 5.69 Å². The number of nitro groups is 1. The number of nitrogens with one attached hydrogen (secondary N) is 1. The molecule has 0 unspecified atom stereocenters. The van der Waals surface area contributed by atoms with E-state index < -0.39 is 16.6 Å². The molecule has 0 aliphatic rings. The summed E-state index contributed by atoms with van der Waals surface area (Å²) in [6.45, 7) is 2.26. The Kier molecular flexibility index (Phi) is 3.88. The predicted molar refractivity (Wildman–Crippen MR) is 70.4 cm³/mol. The zero-order chi connectivity index (χ0) is 14.7. The van der Waals surface area contributed by atoms with Gasteiger partial charge in [-0.1, -0.05) is 6.07 Å². The highest BCUT2D eigenvalue weighted by Crippen LogP contribution is 2.29. The van der Waals surface area contributed by atoms with Gasteiger partial charge in [-0.25, -0.2) is 13.8 Å². The molecule has 1 aromatic heterocycles. The maximum atomic E-state index is 13.7. The van der Waals surface area contributed by atoms with Crippen molar-refractivity contribution in [2.75, 3.05) is 11.9 Å². The molecule has 1 aromatic carbocycles. The third-order valence-corrected chi connectivity index (χ3v) is 2.60. The van der Waals surface area contributed by atoms with Crippen molar-refractivity contribution in [1.29, 1.82) is 0 Å². The Hall–Kier alpha value is -2.57. The smallest absolute Gasteiger partial charge is 0.275 e. The molecule has 5 nitrogen and oxygen atoms in total. The summed E-state index contributed by atoms with van der Waals surface area (Å²) < 4.78 is 27.4. The third-order valence-electron chi connectivity index (χ3n) is 2.60. The number of hydrogen-bond acceptors (Lipinski definition) is 4. The molecule has 0 fully saturated rings. The molecule has 104 valence electrons. The summed E-state index contributed by atoms with van der Waals surface area (Å²) >= 11 is 0. The van der Waals surface area contributed by atoms with Crippen molar-refractivity contribution >= 4 is 11.5 Å². The molecule has 0 radical (unpaired) electrons. The maximum absolute atomic E-state index is 13.7. The summed E-state index contributed by atoms with van der Waals surface area (Å²) in [5, 5.41) is 13.7. The largest absolute Gasteiger partial charge is 0.370 e. The maximum Gasteiger partial charge on any atom is 0.275 e. The molecule has 0 atom stereocenters. The molecular weight excluding hydrogens is 268 g/mol. The molecule has 0 saturated carbocycles. The lowest BCUT2D eigenvalue weighted by Crippen LogP contribution is -2.03. The Bertz CT molecular complexity index is 642. The fourth-order valence-electron chi connectivity index (χ4n) is 1.76. The second kappa shape index (κ2) is 5.60. The van der Waals surface area contributed by atoms with Crippen molar-refractivity contribution in [3.63, 3.8) is 0 Å². The monoisotopic (exact) mass is 279 g/mol. The van der Waals surface area contributed by atoms with Gasteiger partial charge in [0.1, 0.15) is 17.5 Å². The van der Waals surface area contributed by atoms with E-state index in [1.54, 1.807) is 6.92 Å². The van der Waals surface area contributed by atoms with Crippen molar-refractivity contribution < 1.29 is 13.7 Å². The highest BCUT2D eigenvalue weighted by atomic mass is 19.1. The molecule has 0 spiro atoms. The van der Waals surface area contributed by atoms with Gasteiger partial charge in [0.2, 0.25) is 0 Å². The van der Waals surface area contributed by atoms with Crippen LogP contribution in [-0.4, -0.2) is 16.5 Å². The van der Waals surface area contributed by atoms with E-state index in [2.05, 4.69) is 10.3 Å². The zero-order valence-corrected chi connectivity index (χ0v) is 10.6. The standard InChI is InChI=1S/C13H11F2N3O2/c1-2-16-12-7-8(18(19)20)6-11(17-12)13-9(14)4-3-5-10(13)15/h3-7H,2H2,1H3,(H,16,17). The Morgan fingerprint density at radius 2 is 1.95 bits per heavy atom. The average Bonchev–Trinajstić information content (AvgIpc) is 2.38. The number of rotatable bonds is 4. The summed E-state index contributed by atoms with van der Waals surface area (Å²) in [5.41, 5.74) is -0.783. The van der Waals surface area contributed by atoms with Crippen LogP contribution in [0.4, 0.5) is 20.3 Å². The first-order chi connectivity index (χ1) is 9.52. The molecule has 1 N–H and O–H groups in total. The van der Waals surface area contributed by atoms with Crippen LogP contribution in [-0.2, 0) is 0 Å². The molecule has 20 heavy (non-hydrogen) atoms. The second-order valence-electron chi connectivity index (χ2n) is 3.98. The van der Waals surface area contributed by atoms with Crippen LogP contribution in [0.2, 0.25) is 0 Å². The summed E-state index contributed by atoms with van der Waals surface area (Å²) in [5.74, 6) is -1.44. The number of halogens is 2. The van der Waals surface area contributed by atoms with Gasteiger partial charge >= 0.3 is 0 Å². The fraction of sp³-hybridized carbons (Fsp3) is 0.154. The molecule has 2 aromatic rings. The summed E-state index contributed by atoms with van der Waals surface area (Å²) in [6.07, 6.45) is 0. The van der Waals surface area contributed by atoms with E-state index in [4.69, 9.17) is 0 Å². The average molecular weight is 279 g/mol. The molecule has 0 amide bonds. The summed E-state index contributed by atoms with van der Waals surface area (Å²) in [4.78, 5) is 14.2. The molecular formula is C13H11F2N3O2. The van der Waals surface area contributed by atoms with Gasteiger partial charge in [0.05, 0.1) is 22.2 Å². The lowest BCUT2D eigenvalue weighted by Gasteiger charge is -2.08. The van der Waals surface area contributed by atoms with E-state index in [1.807, 2.05) is 0 Å². The Balaban J connectivity index is 2.64. The van der Waals surface area contributed by atoms with Crippen LogP contribution in [0.3, 0.4) is 0 Å². The van der Waals surface area contributed by atoms with Crippen LogP contribution in [0.25, 0.3) is 11.3 Å². The molecule has 0 saturated heterocycles. The van der Waals surface area contributed by atoms with Gasteiger partial charge in [-0.2, -0.15) is 0 Å². The normalized spacial score (nSPS) is 10.3. The van der Waals surface area contributed by atoms with Gasteiger partial charge < -0.3 is 5.32 Å². The first-order valence-electron chi connectivity index (χ1n) is 5.87. The summed E-state index contributed by atoms with van der Waals surface area (Å²) in [6, 6.07) is 5.63. The van der Waals surface area contributed by atoms with E-state index in [-0.39, 0.29) is 22.8 Å². The van der Waals surface area contributed by atoms with Gasteiger partial charge in [-0.15, -0.1) is 0 Å². The molecule has 0 aliphatic carbocycles. The van der Waals surface area contributed by atoms with Gasteiger partial charge in [-0.3, -0.25) is 10.1 Å². The van der Waals surface area contributed by atoms with Crippen LogP contribution in [0.15, 0.2) is 30.3 Å². The number of hydrogen-bond donors (Lipinski definition) is 1. The van der Waals surface area contributed by atoms with E-state index >= 15 is 0 Å². The van der Waals surface area contributed by atoms with Crippen molar-refractivity contribution in [2.24, 2.45) is 0 Å². The quantitative estimate of drug-likeness (QED) is 0.688. The number of benzene rings is 1. The number of anilines is 1. The van der Waals surface area contributed by atoms with E-state index in [9.17, 15) is 18.9 Å². The van der Waals surface area contributed by atoms with E-state index in [1.165, 1.54) is 12.1 Å². The van der Waals surface area contributed by atoms with Crippen molar-refractivity contribution in [1.82, 2.24) is 4.98 Å². The zero-order valence-electron chi connectivity index (χ0n) is 10.6. The highest BCUT2D eigenvalue weighted by Gasteiger charge is 2.17. The van der Waals surface area contributed by atoms with Crippen LogP contribution in [0, 0.1) is 21.7 Å². The summed E-state index contributed by atoms with van der Waals surface area (Å²) in [7, 11) is 0. The SMILES string of the molecule is CCNc1cc([N+](=O)[O-])cc(-c2c(F)cccc2F)n1. The lowest BCUT2D eigenvalue weighted by molar-refractivity contribution is -0.384. The van der Waals surface area contributed by atoms with Crippen LogP contribution in [0.5, 0.6) is 0 Å². The molecule has 7 heteroatoms. The molecule has 0 aliphatic heterocycles. The minimum atomic E-state index is -0.819.